The van der Waals surface area contributed by atoms with Gasteiger partial charge in [0, 0.05) is 57.7 Å². The number of benzene rings is 1. The summed E-state index contributed by atoms with van der Waals surface area (Å²) in [4.78, 5) is 18.9. The van der Waals surface area contributed by atoms with E-state index < -0.39 is 0 Å². The standard InChI is InChI=1S/C17H22FN5O.ClH/c1-22-10-8-20-17(22)15-12-19-7-11-23(15)9-6-16(24)21-14-4-2-13(18)3-5-14;/h2-5,8,10,15,19H,6-7,9,11-12H2,1H3,(H,21,24);1H. The molecule has 2 heterocycles. The van der Waals surface area contributed by atoms with Gasteiger partial charge < -0.3 is 15.2 Å². The molecule has 1 unspecified atom stereocenters. The van der Waals surface area contributed by atoms with Crippen LogP contribution in [0.2, 0.25) is 0 Å². The zero-order valence-corrected chi connectivity index (χ0v) is 14.9. The highest BCUT2D eigenvalue weighted by molar-refractivity contribution is 5.90. The number of piperazine rings is 1. The molecule has 25 heavy (non-hydrogen) atoms. The number of hydrogen-bond donors (Lipinski definition) is 2. The molecule has 1 amide bonds. The Balaban J connectivity index is 0.00000225. The number of aromatic nitrogens is 2. The number of nitrogens with zero attached hydrogens (tertiary/aromatic N) is 3. The Hall–Kier alpha value is -1.96. The van der Waals surface area contributed by atoms with Gasteiger partial charge in [-0.15, -0.1) is 12.4 Å². The van der Waals surface area contributed by atoms with Gasteiger partial charge in [-0.2, -0.15) is 0 Å². The van der Waals surface area contributed by atoms with Crippen LogP contribution in [0.25, 0.3) is 0 Å². The monoisotopic (exact) mass is 367 g/mol. The van der Waals surface area contributed by atoms with E-state index in [2.05, 4.69) is 20.5 Å². The van der Waals surface area contributed by atoms with E-state index in [1.165, 1.54) is 12.1 Å². The normalized spacial score (nSPS) is 17.8. The molecule has 1 aromatic carbocycles. The SMILES string of the molecule is Cl.Cn1ccnc1C1CNCCN1CCC(=O)Nc1ccc(F)cc1. The molecule has 2 N–H and O–H groups in total. The van der Waals surface area contributed by atoms with Crippen molar-refractivity contribution in [1.82, 2.24) is 19.8 Å². The van der Waals surface area contributed by atoms with Crippen LogP contribution in [0.1, 0.15) is 18.3 Å². The van der Waals surface area contributed by atoms with E-state index in [9.17, 15) is 9.18 Å². The van der Waals surface area contributed by atoms with Crippen LogP contribution < -0.4 is 10.6 Å². The Bertz CT molecular complexity index is 691. The van der Waals surface area contributed by atoms with Crippen LogP contribution >= 0.6 is 12.4 Å². The van der Waals surface area contributed by atoms with E-state index >= 15 is 0 Å². The number of imidazole rings is 1. The fourth-order valence-corrected chi connectivity index (χ4v) is 2.97. The summed E-state index contributed by atoms with van der Waals surface area (Å²) in [6.45, 7) is 3.26. The maximum absolute atomic E-state index is 12.9. The first-order valence-corrected chi connectivity index (χ1v) is 8.11. The van der Waals surface area contributed by atoms with Crippen LogP contribution in [-0.2, 0) is 11.8 Å². The van der Waals surface area contributed by atoms with Gasteiger partial charge in [0.05, 0.1) is 6.04 Å². The van der Waals surface area contributed by atoms with Gasteiger partial charge in [0.2, 0.25) is 5.91 Å². The van der Waals surface area contributed by atoms with E-state index in [1.54, 1.807) is 18.3 Å². The summed E-state index contributed by atoms with van der Waals surface area (Å²) in [5, 5.41) is 6.18. The summed E-state index contributed by atoms with van der Waals surface area (Å²) in [7, 11) is 1.98. The van der Waals surface area contributed by atoms with Crippen molar-refractivity contribution in [3.05, 3.63) is 48.3 Å². The minimum absolute atomic E-state index is 0. The Morgan fingerprint density at radius 3 is 2.84 bits per heavy atom. The maximum Gasteiger partial charge on any atom is 0.225 e. The van der Waals surface area contributed by atoms with Crippen LogP contribution in [0.3, 0.4) is 0 Å². The van der Waals surface area contributed by atoms with E-state index in [0.29, 0.717) is 18.7 Å². The van der Waals surface area contributed by atoms with Gasteiger partial charge in [-0.3, -0.25) is 9.69 Å². The lowest BCUT2D eigenvalue weighted by Gasteiger charge is -2.35. The molecule has 0 saturated carbocycles. The number of amides is 1. The van der Waals surface area contributed by atoms with Crippen molar-refractivity contribution in [3.63, 3.8) is 0 Å². The number of rotatable bonds is 5. The summed E-state index contributed by atoms with van der Waals surface area (Å²) in [6, 6.07) is 5.97. The highest BCUT2D eigenvalue weighted by Gasteiger charge is 2.26. The molecule has 1 saturated heterocycles. The van der Waals surface area contributed by atoms with Crippen LogP contribution in [0.4, 0.5) is 10.1 Å². The highest BCUT2D eigenvalue weighted by Crippen LogP contribution is 2.20. The van der Waals surface area contributed by atoms with Crippen molar-refractivity contribution in [2.45, 2.75) is 12.5 Å². The smallest absolute Gasteiger partial charge is 0.225 e. The maximum atomic E-state index is 12.9. The third-order valence-electron chi connectivity index (χ3n) is 4.26. The second-order valence-electron chi connectivity index (χ2n) is 5.96. The first-order valence-electron chi connectivity index (χ1n) is 8.11. The van der Waals surface area contributed by atoms with Gasteiger partial charge in [-0.1, -0.05) is 0 Å². The molecule has 1 aliphatic rings. The number of nitrogens with one attached hydrogen (secondary N) is 2. The number of aryl methyl sites for hydroxylation is 1. The Morgan fingerprint density at radius 2 is 2.16 bits per heavy atom. The molecule has 0 bridgehead atoms. The predicted octanol–water partition coefficient (Wildman–Crippen LogP) is 1.96. The van der Waals surface area contributed by atoms with Crippen molar-refractivity contribution in [1.29, 1.82) is 0 Å². The number of carbonyl (C=O) groups is 1. The minimum atomic E-state index is -0.313. The lowest BCUT2D eigenvalue weighted by Crippen LogP contribution is -2.47. The zero-order chi connectivity index (χ0) is 16.9. The fraction of sp³-hybridized carbons (Fsp3) is 0.412. The zero-order valence-electron chi connectivity index (χ0n) is 14.1. The molecule has 1 aromatic heterocycles. The third-order valence-corrected chi connectivity index (χ3v) is 4.26. The van der Waals surface area contributed by atoms with Gasteiger partial charge >= 0.3 is 0 Å². The van der Waals surface area contributed by atoms with E-state index in [4.69, 9.17) is 0 Å². The average Bonchev–Trinajstić information content (AvgIpc) is 3.01. The van der Waals surface area contributed by atoms with E-state index in [0.717, 1.165) is 25.5 Å². The second-order valence-corrected chi connectivity index (χ2v) is 5.96. The number of carbonyl (C=O) groups excluding carboxylic acids is 1. The molecule has 3 rings (SSSR count). The van der Waals surface area contributed by atoms with Gasteiger partial charge in [0.25, 0.3) is 0 Å². The minimum Gasteiger partial charge on any atom is -0.337 e. The quantitative estimate of drug-likeness (QED) is 0.848. The molecule has 1 atom stereocenters. The van der Waals surface area contributed by atoms with Gasteiger partial charge in [-0.25, -0.2) is 9.37 Å². The van der Waals surface area contributed by atoms with Crippen LogP contribution in [-0.4, -0.2) is 46.5 Å². The molecular formula is C17H23ClFN5O. The summed E-state index contributed by atoms with van der Waals surface area (Å²) >= 11 is 0. The van der Waals surface area contributed by atoms with Crippen LogP contribution in [0.15, 0.2) is 36.7 Å². The summed E-state index contributed by atoms with van der Waals surface area (Å²) < 4.78 is 14.9. The van der Waals surface area contributed by atoms with E-state index in [-0.39, 0.29) is 30.2 Å². The first-order chi connectivity index (χ1) is 11.6. The average molecular weight is 368 g/mol. The van der Waals surface area contributed by atoms with Crippen molar-refractivity contribution in [3.8, 4) is 0 Å². The molecule has 1 fully saturated rings. The largest absolute Gasteiger partial charge is 0.337 e. The Labute approximate surface area is 152 Å². The lowest BCUT2D eigenvalue weighted by atomic mass is 10.1. The summed E-state index contributed by atoms with van der Waals surface area (Å²) in [5.41, 5.74) is 0.613. The topological polar surface area (TPSA) is 62.2 Å². The Kier molecular flexibility index (Phi) is 6.92. The lowest BCUT2D eigenvalue weighted by molar-refractivity contribution is -0.116. The molecule has 0 spiro atoms. The number of halogens is 2. The molecule has 2 aromatic rings. The van der Waals surface area contributed by atoms with Crippen LogP contribution in [0, 0.1) is 5.82 Å². The molecule has 0 radical (unpaired) electrons. The van der Waals surface area contributed by atoms with Gasteiger partial charge in [-0.05, 0) is 24.3 Å². The molecule has 136 valence electrons. The fourth-order valence-electron chi connectivity index (χ4n) is 2.97. The first kappa shape index (κ1) is 19.4. The van der Waals surface area contributed by atoms with Crippen molar-refractivity contribution >= 4 is 24.0 Å². The Morgan fingerprint density at radius 1 is 1.40 bits per heavy atom. The van der Waals surface area contributed by atoms with Gasteiger partial charge in [0.1, 0.15) is 11.6 Å². The predicted molar refractivity (Wildman–Crippen MR) is 97.3 cm³/mol. The molecule has 1 aliphatic heterocycles. The van der Waals surface area contributed by atoms with Crippen molar-refractivity contribution in [2.24, 2.45) is 7.05 Å². The van der Waals surface area contributed by atoms with Crippen molar-refractivity contribution < 1.29 is 9.18 Å². The molecular weight excluding hydrogens is 345 g/mol. The van der Waals surface area contributed by atoms with Crippen molar-refractivity contribution in [2.75, 3.05) is 31.5 Å². The number of hydrogen-bond acceptors (Lipinski definition) is 4. The number of anilines is 1. The highest BCUT2D eigenvalue weighted by atomic mass is 35.5. The van der Waals surface area contributed by atoms with Crippen LogP contribution in [0.5, 0.6) is 0 Å². The van der Waals surface area contributed by atoms with Gasteiger partial charge in [0.15, 0.2) is 0 Å². The summed E-state index contributed by atoms with van der Waals surface area (Å²) in [6.07, 6.45) is 4.12. The molecule has 8 heteroatoms. The molecule has 6 nitrogen and oxygen atoms in total. The van der Waals surface area contributed by atoms with E-state index in [1.807, 2.05) is 17.8 Å². The molecule has 0 aliphatic carbocycles. The summed E-state index contributed by atoms with van der Waals surface area (Å²) in [5.74, 6) is 0.617. The second kappa shape index (κ2) is 8.94. The third kappa shape index (κ3) is 5.01.